The number of hydrogen-bond acceptors (Lipinski definition) is 4. The van der Waals surface area contributed by atoms with Crippen molar-refractivity contribution in [1.82, 2.24) is 10.2 Å². The number of carbonyl (C=O) groups excluding carboxylic acids is 2. The van der Waals surface area contributed by atoms with E-state index in [-0.39, 0.29) is 17.2 Å². The molecule has 1 aliphatic heterocycles. The van der Waals surface area contributed by atoms with Crippen molar-refractivity contribution in [3.63, 3.8) is 0 Å². The van der Waals surface area contributed by atoms with Gasteiger partial charge in [0.05, 0.1) is 0 Å². The number of ether oxygens (including phenoxy) is 1. The predicted octanol–water partition coefficient (Wildman–Crippen LogP) is 3.29. The van der Waals surface area contributed by atoms with E-state index in [0.717, 1.165) is 0 Å². The average molecular weight is 364 g/mol. The molecule has 1 heterocycles. The Labute approximate surface area is 156 Å². The number of carbonyl (C=O) groups is 2. The standard InChI is InChI=1S/C20H16N2O3S/c1-2-11-22-19(24)17(18(23)21-20(22)26)13-14-7-6-10-16(12-14)25-15-8-4-3-5-9-15/h2-10,12-13H,1,11H2,(H,21,23,26)/b17-13+. The molecular weight excluding hydrogens is 348 g/mol. The molecule has 5 nitrogen and oxygen atoms in total. The summed E-state index contributed by atoms with van der Waals surface area (Å²) >= 11 is 5.04. The van der Waals surface area contributed by atoms with Crippen LogP contribution < -0.4 is 10.1 Å². The van der Waals surface area contributed by atoms with Crippen LogP contribution in [-0.4, -0.2) is 28.4 Å². The van der Waals surface area contributed by atoms with Crippen LogP contribution in [0.3, 0.4) is 0 Å². The molecule has 2 aromatic carbocycles. The van der Waals surface area contributed by atoms with Gasteiger partial charge < -0.3 is 4.74 Å². The highest BCUT2D eigenvalue weighted by Gasteiger charge is 2.32. The number of para-hydroxylation sites is 1. The molecule has 1 N–H and O–H groups in total. The van der Waals surface area contributed by atoms with Crippen LogP contribution in [0.5, 0.6) is 11.5 Å². The molecule has 0 bridgehead atoms. The van der Waals surface area contributed by atoms with Gasteiger partial charge in [-0.15, -0.1) is 6.58 Å². The monoisotopic (exact) mass is 364 g/mol. The molecule has 0 saturated carbocycles. The van der Waals surface area contributed by atoms with Crippen LogP contribution in [-0.2, 0) is 9.59 Å². The molecule has 3 rings (SSSR count). The molecule has 0 atom stereocenters. The van der Waals surface area contributed by atoms with Crippen molar-refractivity contribution in [1.29, 1.82) is 0 Å². The van der Waals surface area contributed by atoms with E-state index in [0.29, 0.717) is 17.1 Å². The summed E-state index contributed by atoms with van der Waals surface area (Å²) in [4.78, 5) is 26.0. The first-order chi connectivity index (χ1) is 12.6. The first-order valence-electron chi connectivity index (χ1n) is 7.91. The Hall–Kier alpha value is -3.25. The van der Waals surface area contributed by atoms with E-state index in [1.54, 1.807) is 30.3 Å². The third-order valence-corrected chi connectivity index (χ3v) is 3.97. The van der Waals surface area contributed by atoms with E-state index < -0.39 is 11.8 Å². The number of amides is 2. The van der Waals surface area contributed by atoms with Gasteiger partial charge in [0.1, 0.15) is 17.1 Å². The van der Waals surface area contributed by atoms with Crippen molar-refractivity contribution in [2.24, 2.45) is 0 Å². The normalized spacial score (nSPS) is 15.8. The van der Waals surface area contributed by atoms with E-state index in [1.807, 2.05) is 30.3 Å². The van der Waals surface area contributed by atoms with Crippen LogP contribution in [0, 0.1) is 0 Å². The fraction of sp³-hybridized carbons (Fsp3) is 0.0500. The minimum absolute atomic E-state index is 0.0114. The zero-order valence-corrected chi connectivity index (χ0v) is 14.7. The Morgan fingerprint density at radius 1 is 1.08 bits per heavy atom. The molecule has 0 aliphatic carbocycles. The molecule has 6 heteroatoms. The fourth-order valence-electron chi connectivity index (χ4n) is 2.45. The summed E-state index contributed by atoms with van der Waals surface area (Å²) in [6, 6.07) is 16.5. The molecule has 0 unspecified atom stereocenters. The Bertz CT molecular complexity index is 906. The summed E-state index contributed by atoms with van der Waals surface area (Å²) in [5.41, 5.74) is 0.681. The van der Waals surface area contributed by atoms with Crippen LogP contribution in [0.2, 0.25) is 0 Å². The molecule has 0 radical (unpaired) electrons. The van der Waals surface area contributed by atoms with Gasteiger partial charge in [-0.2, -0.15) is 0 Å². The topological polar surface area (TPSA) is 58.6 Å². The van der Waals surface area contributed by atoms with Gasteiger partial charge in [0.25, 0.3) is 11.8 Å². The third-order valence-electron chi connectivity index (χ3n) is 3.65. The zero-order valence-electron chi connectivity index (χ0n) is 13.8. The van der Waals surface area contributed by atoms with Crippen molar-refractivity contribution in [3.05, 3.63) is 78.4 Å². The van der Waals surface area contributed by atoms with Gasteiger partial charge in [-0.1, -0.05) is 36.4 Å². The number of benzene rings is 2. The maximum absolute atomic E-state index is 12.5. The molecule has 2 aromatic rings. The number of rotatable bonds is 5. The van der Waals surface area contributed by atoms with Gasteiger partial charge in [0, 0.05) is 6.54 Å². The lowest BCUT2D eigenvalue weighted by Gasteiger charge is -2.27. The second-order valence-corrected chi connectivity index (χ2v) is 5.90. The molecule has 26 heavy (non-hydrogen) atoms. The molecule has 0 spiro atoms. The highest BCUT2D eigenvalue weighted by molar-refractivity contribution is 7.80. The highest BCUT2D eigenvalue weighted by Crippen LogP contribution is 2.23. The summed E-state index contributed by atoms with van der Waals surface area (Å²) in [6.07, 6.45) is 3.07. The largest absolute Gasteiger partial charge is 0.457 e. The summed E-state index contributed by atoms with van der Waals surface area (Å²) < 4.78 is 5.78. The molecule has 130 valence electrons. The van der Waals surface area contributed by atoms with Crippen LogP contribution in [0.25, 0.3) is 6.08 Å². The zero-order chi connectivity index (χ0) is 18.5. The minimum Gasteiger partial charge on any atom is -0.457 e. The van der Waals surface area contributed by atoms with Crippen LogP contribution >= 0.6 is 12.2 Å². The molecular formula is C20H16N2O3S. The fourth-order valence-corrected chi connectivity index (χ4v) is 2.70. The van der Waals surface area contributed by atoms with Gasteiger partial charge in [0.2, 0.25) is 0 Å². The maximum Gasteiger partial charge on any atom is 0.265 e. The Morgan fingerprint density at radius 2 is 1.81 bits per heavy atom. The van der Waals surface area contributed by atoms with Gasteiger partial charge in [0.15, 0.2) is 5.11 Å². The Kier molecular flexibility index (Phi) is 5.24. The summed E-state index contributed by atoms with van der Waals surface area (Å²) in [5.74, 6) is 0.335. The van der Waals surface area contributed by atoms with Crippen LogP contribution in [0.4, 0.5) is 0 Å². The van der Waals surface area contributed by atoms with Crippen molar-refractivity contribution in [2.45, 2.75) is 0 Å². The van der Waals surface area contributed by atoms with Gasteiger partial charge >= 0.3 is 0 Å². The molecule has 1 saturated heterocycles. The lowest BCUT2D eigenvalue weighted by molar-refractivity contribution is -0.128. The number of thiocarbonyl (C=S) groups is 1. The van der Waals surface area contributed by atoms with E-state index in [2.05, 4.69) is 11.9 Å². The van der Waals surface area contributed by atoms with Gasteiger partial charge in [-0.05, 0) is 48.1 Å². The molecule has 1 aliphatic rings. The first kappa shape index (κ1) is 17.6. The molecule has 2 amide bonds. The van der Waals surface area contributed by atoms with E-state index in [9.17, 15) is 9.59 Å². The lowest BCUT2D eigenvalue weighted by atomic mass is 10.1. The number of nitrogens with zero attached hydrogens (tertiary/aromatic N) is 1. The maximum atomic E-state index is 12.5. The summed E-state index contributed by atoms with van der Waals surface area (Å²) in [6.45, 7) is 3.83. The van der Waals surface area contributed by atoms with Crippen molar-refractivity contribution < 1.29 is 14.3 Å². The second kappa shape index (κ2) is 7.76. The van der Waals surface area contributed by atoms with Crippen LogP contribution in [0.15, 0.2) is 72.8 Å². The average Bonchev–Trinajstić information content (AvgIpc) is 2.63. The summed E-state index contributed by atoms with van der Waals surface area (Å²) in [5, 5.41) is 2.60. The molecule has 0 aromatic heterocycles. The second-order valence-electron chi connectivity index (χ2n) is 5.51. The molecule has 1 fully saturated rings. The van der Waals surface area contributed by atoms with E-state index in [4.69, 9.17) is 17.0 Å². The van der Waals surface area contributed by atoms with E-state index >= 15 is 0 Å². The SMILES string of the molecule is C=CCN1C(=O)/C(=C/c2cccc(Oc3ccccc3)c2)C(=O)NC1=S. The van der Waals surface area contributed by atoms with Crippen molar-refractivity contribution in [3.8, 4) is 11.5 Å². The van der Waals surface area contributed by atoms with Crippen LogP contribution in [0.1, 0.15) is 5.56 Å². The number of nitrogens with one attached hydrogen (secondary N) is 1. The lowest BCUT2D eigenvalue weighted by Crippen LogP contribution is -2.53. The highest BCUT2D eigenvalue weighted by atomic mass is 32.1. The third kappa shape index (κ3) is 3.87. The van der Waals surface area contributed by atoms with Crippen molar-refractivity contribution in [2.75, 3.05) is 6.54 Å². The predicted molar refractivity (Wildman–Crippen MR) is 104 cm³/mol. The van der Waals surface area contributed by atoms with Gasteiger partial charge in [-0.3, -0.25) is 19.8 Å². The Morgan fingerprint density at radius 3 is 2.54 bits per heavy atom. The quantitative estimate of drug-likeness (QED) is 0.383. The van der Waals surface area contributed by atoms with E-state index in [1.165, 1.54) is 11.0 Å². The smallest absolute Gasteiger partial charge is 0.265 e. The van der Waals surface area contributed by atoms with Crippen molar-refractivity contribution >= 4 is 35.2 Å². The van der Waals surface area contributed by atoms with Gasteiger partial charge in [-0.25, -0.2) is 0 Å². The first-order valence-corrected chi connectivity index (χ1v) is 8.32. The Balaban J connectivity index is 1.87. The minimum atomic E-state index is -0.519. The number of hydrogen-bond donors (Lipinski definition) is 1. The summed E-state index contributed by atoms with van der Waals surface area (Å²) in [7, 11) is 0.